The van der Waals surface area contributed by atoms with Crippen LogP contribution in [0, 0.1) is 0 Å². The normalized spacial score (nSPS) is 11.3. The number of pyridine rings is 1. The molecular weight excluding hydrogens is 350 g/mol. The maximum absolute atomic E-state index is 12.7. The summed E-state index contributed by atoms with van der Waals surface area (Å²) in [6.07, 6.45) is 3.20. The Morgan fingerprint density at radius 2 is 1.89 bits per heavy atom. The molecule has 1 aromatic carbocycles. The highest BCUT2D eigenvalue weighted by Gasteiger charge is 2.26. The summed E-state index contributed by atoms with van der Waals surface area (Å²) in [4.78, 5) is 40.2. The van der Waals surface area contributed by atoms with Crippen molar-refractivity contribution in [3.05, 3.63) is 54.4 Å². The summed E-state index contributed by atoms with van der Waals surface area (Å²) in [5.74, 6) is -0.725. The van der Waals surface area contributed by atoms with E-state index in [9.17, 15) is 19.5 Å². The number of carbonyl (C=O) groups excluding carboxylic acids is 2. The molecule has 0 radical (unpaired) electrons. The molecule has 0 aliphatic rings. The highest BCUT2D eigenvalue weighted by atomic mass is 16.5. The van der Waals surface area contributed by atoms with Crippen molar-refractivity contribution in [1.29, 1.82) is 0 Å². The fourth-order valence-electron chi connectivity index (χ4n) is 2.33. The van der Waals surface area contributed by atoms with Gasteiger partial charge in [0.2, 0.25) is 5.91 Å². The van der Waals surface area contributed by atoms with Crippen molar-refractivity contribution in [3.8, 4) is 11.5 Å². The molecule has 142 valence electrons. The lowest BCUT2D eigenvalue weighted by Crippen LogP contribution is -2.46. The summed E-state index contributed by atoms with van der Waals surface area (Å²) < 4.78 is 5.62. The Morgan fingerprint density at radius 1 is 1.19 bits per heavy atom. The summed E-state index contributed by atoms with van der Waals surface area (Å²) in [6, 6.07) is 8.84. The van der Waals surface area contributed by atoms with E-state index < -0.39 is 17.9 Å². The lowest BCUT2D eigenvalue weighted by molar-refractivity contribution is -0.141. The van der Waals surface area contributed by atoms with Crippen molar-refractivity contribution in [2.75, 3.05) is 13.1 Å². The second-order valence-electron chi connectivity index (χ2n) is 5.81. The third kappa shape index (κ3) is 5.81. The minimum absolute atomic E-state index is 0.0832. The average molecular weight is 371 g/mol. The molecule has 0 aliphatic heterocycles. The molecule has 1 heterocycles. The fraction of sp³-hybridized carbons (Fsp3) is 0.263. The van der Waals surface area contributed by atoms with E-state index in [1.54, 1.807) is 48.8 Å². The summed E-state index contributed by atoms with van der Waals surface area (Å²) in [7, 11) is 0. The third-order valence-electron chi connectivity index (χ3n) is 3.78. The van der Waals surface area contributed by atoms with Crippen molar-refractivity contribution >= 4 is 17.8 Å². The van der Waals surface area contributed by atoms with Gasteiger partial charge in [-0.25, -0.2) is 4.79 Å². The van der Waals surface area contributed by atoms with Crippen LogP contribution >= 0.6 is 0 Å². The van der Waals surface area contributed by atoms with Crippen LogP contribution in [0.1, 0.15) is 24.2 Å². The van der Waals surface area contributed by atoms with Crippen LogP contribution in [-0.2, 0) is 9.59 Å². The van der Waals surface area contributed by atoms with Gasteiger partial charge in [0.15, 0.2) is 0 Å². The number of hydrogen-bond donors (Lipinski definition) is 2. The van der Waals surface area contributed by atoms with Gasteiger partial charge < -0.3 is 20.1 Å². The molecule has 1 atom stereocenters. The maximum atomic E-state index is 12.7. The Labute approximate surface area is 156 Å². The van der Waals surface area contributed by atoms with E-state index in [0.29, 0.717) is 17.1 Å². The van der Waals surface area contributed by atoms with Crippen LogP contribution in [0.25, 0.3) is 0 Å². The highest BCUT2D eigenvalue weighted by Crippen LogP contribution is 2.21. The molecule has 0 bridgehead atoms. The van der Waals surface area contributed by atoms with Crippen LogP contribution in [-0.4, -0.2) is 51.9 Å². The Morgan fingerprint density at radius 3 is 2.44 bits per heavy atom. The smallest absolute Gasteiger partial charge is 0.326 e. The van der Waals surface area contributed by atoms with E-state index in [2.05, 4.69) is 10.3 Å². The quantitative estimate of drug-likeness (QED) is 0.734. The van der Waals surface area contributed by atoms with Gasteiger partial charge >= 0.3 is 5.97 Å². The Bertz CT molecular complexity index is 793. The van der Waals surface area contributed by atoms with E-state index in [0.717, 1.165) is 0 Å². The Kier molecular flexibility index (Phi) is 6.87. The first-order valence-corrected chi connectivity index (χ1v) is 8.34. The number of ether oxygens (including phenoxy) is 1. The van der Waals surface area contributed by atoms with Crippen molar-refractivity contribution in [1.82, 2.24) is 15.2 Å². The molecule has 2 aromatic rings. The number of aliphatic carboxylic acids is 1. The van der Waals surface area contributed by atoms with Gasteiger partial charge in [0, 0.05) is 31.8 Å². The maximum Gasteiger partial charge on any atom is 0.326 e. The largest absolute Gasteiger partial charge is 0.480 e. The predicted octanol–water partition coefficient (Wildman–Crippen LogP) is 1.93. The molecule has 8 heteroatoms. The van der Waals surface area contributed by atoms with Crippen LogP contribution in [0.3, 0.4) is 0 Å². The number of carboxylic acids is 1. The van der Waals surface area contributed by atoms with Crippen molar-refractivity contribution in [3.63, 3.8) is 0 Å². The zero-order valence-electron chi connectivity index (χ0n) is 15.1. The number of aromatic nitrogens is 1. The summed E-state index contributed by atoms with van der Waals surface area (Å²) in [6.45, 7) is 3.03. The van der Waals surface area contributed by atoms with E-state index in [-0.39, 0.29) is 19.0 Å². The van der Waals surface area contributed by atoms with Crippen LogP contribution in [0.4, 0.5) is 0 Å². The van der Waals surface area contributed by atoms with Gasteiger partial charge in [-0.05, 0) is 43.3 Å². The first-order valence-electron chi connectivity index (χ1n) is 8.34. The van der Waals surface area contributed by atoms with Crippen LogP contribution in [0.2, 0.25) is 0 Å². The van der Waals surface area contributed by atoms with E-state index in [1.165, 1.54) is 18.7 Å². The van der Waals surface area contributed by atoms with Gasteiger partial charge in [-0.15, -0.1) is 0 Å². The minimum atomic E-state index is -1.12. The molecular formula is C19H21N3O5. The molecule has 2 amide bonds. The van der Waals surface area contributed by atoms with E-state index in [1.807, 2.05) is 0 Å². The van der Waals surface area contributed by atoms with Gasteiger partial charge in [-0.2, -0.15) is 0 Å². The minimum Gasteiger partial charge on any atom is -0.480 e. The topological polar surface area (TPSA) is 109 Å². The van der Waals surface area contributed by atoms with Crippen molar-refractivity contribution < 1.29 is 24.2 Å². The first-order chi connectivity index (χ1) is 12.9. The molecule has 0 saturated heterocycles. The molecule has 1 unspecified atom stereocenters. The van der Waals surface area contributed by atoms with Gasteiger partial charge in [0.05, 0.1) is 6.20 Å². The number of amides is 2. The summed E-state index contributed by atoms with van der Waals surface area (Å²) in [5, 5.41) is 11.8. The molecule has 27 heavy (non-hydrogen) atoms. The van der Waals surface area contributed by atoms with Crippen LogP contribution in [0.15, 0.2) is 48.8 Å². The molecule has 0 saturated carbocycles. The third-order valence-corrected chi connectivity index (χ3v) is 3.78. The molecule has 8 nitrogen and oxygen atoms in total. The highest BCUT2D eigenvalue weighted by molar-refractivity contribution is 5.96. The molecule has 0 spiro atoms. The SMILES string of the molecule is CC(=O)NCCN(C(=O)c1ccc(Oc2cccnc2)cc1)C(C)C(=O)O. The zero-order valence-corrected chi connectivity index (χ0v) is 15.1. The molecule has 0 aliphatic carbocycles. The average Bonchev–Trinajstić information content (AvgIpc) is 2.65. The predicted molar refractivity (Wildman–Crippen MR) is 97.6 cm³/mol. The molecule has 0 fully saturated rings. The zero-order chi connectivity index (χ0) is 19.8. The molecule has 2 rings (SSSR count). The number of nitrogens with one attached hydrogen (secondary N) is 1. The number of hydrogen-bond acceptors (Lipinski definition) is 5. The molecule has 1 aromatic heterocycles. The molecule has 2 N–H and O–H groups in total. The number of benzene rings is 1. The van der Waals surface area contributed by atoms with Gasteiger partial charge in [-0.1, -0.05) is 0 Å². The number of carboxylic acid groups (broad SMARTS) is 1. The Hall–Kier alpha value is -3.42. The number of rotatable bonds is 8. The lowest BCUT2D eigenvalue weighted by Gasteiger charge is -2.26. The summed E-state index contributed by atoms with van der Waals surface area (Å²) in [5.41, 5.74) is 0.324. The van der Waals surface area contributed by atoms with Crippen LogP contribution < -0.4 is 10.1 Å². The standard InChI is InChI=1S/C19H21N3O5/c1-13(19(25)26)22(11-10-21-14(2)23)18(24)15-5-7-16(8-6-15)27-17-4-3-9-20-12-17/h3-9,12-13H,10-11H2,1-2H3,(H,21,23)(H,25,26). The second-order valence-corrected chi connectivity index (χ2v) is 5.81. The van der Waals surface area contributed by atoms with E-state index in [4.69, 9.17) is 4.74 Å². The van der Waals surface area contributed by atoms with Gasteiger partial charge in [0.25, 0.3) is 5.91 Å². The van der Waals surface area contributed by atoms with Gasteiger partial charge in [-0.3, -0.25) is 14.6 Å². The first kappa shape index (κ1) is 19.9. The number of nitrogens with zero attached hydrogens (tertiary/aromatic N) is 2. The van der Waals surface area contributed by atoms with Crippen molar-refractivity contribution in [2.24, 2.45) is 0 Å². The second kappa shape index (κ2) is 9.33. The van der Waals surface area contributed by atoms with Crippen LogP contribution in [0.5, 0.6) is 11.5 Å². The van der Waals surface area contributed by atoms with E-state index >= 15 is 0 Å². The summed E-state index contributed by atoms with van der Waals surface area (Å²) >= 11 is 0. The fourth-order valence-corrected chi connectivity index (χ4v) is 2.33. The van der Waals surface area contributed by atoms with Crippen molar-refractivity contribution in [2.45, 2.75) is 19.9 Å². The van der Waals surface area contributed by atoms with Gasteiger partial charge in [0.1, 0.15) is 17.5 Å². The monoisotopic (exact) mass is 371 g/mol. The lowest BCUT2D eigenvalue weighted by atomic mass is 10.1. The number of carbonyl (C=O) groups is 3. The Balaban J connectivity index is 2.11.